The Morgan fingerprint density at radius 1 is 1.50 bits per heavy atom. The monoisotopic (exact) mass is 201 g/mol. The lowest BCUT2D eigenvalue weighted by Crippen LogP contribution is -2.44. The van der Waals surface area contributed by atoms with Gasteiger partial charge in [0.2, 0.25) is 0 Å². The van der Waals surface area contributed by atoms with E-state index in [1.54, 1.807) is 0 Å². The minimum absolute atomic E-state index is 0.294. The third kappa shape index (κ3) is 3.23. The lowest BCUT2D eigenvalue weighted by Gasteiger charge is -2.26. The molecular weight excluding hydrogens is 178 g/mol. The first-order valence-corrected chi connectivity index (χ1v) is 5.55. The Balaban J connectivity index is 2.36. The first-order valence-electron chi connectivity index (χ1n) is 5.55. The van der Waals surface area contributed by atoms with Gasteiger partial charge < -0.3 is 14.8 Å². The van der Waals surface area contributed by atoms with E-state index < -0.39 is 0 Å². The number of hydrogen-bond donors (Lipinski definition) is 1. The van der Waals surface area contributed by atoms with Crippen LogP contribution in [0.5, 0.6) is 0 Å². The van der Waals surface area contributed by atoms with Crippen molar-refractivity contribution in [3.8, 4) is 0 Å². The topological polar surface area (TPSA) is 30.5 Å². The first-order chi connectivity index (χ1) is 6.65. The van der Waals surface area contributed by atoms with Gasteiger partial charge in [-0.2, -0.15) is 0 Å². The van der Waals surface area contributed by atoms with Crippen molar-refractivity contribution in [3.63, 3.8) is 0 Å². The zero-order valence-electron chi connectivity index (χ0n) is 9.75. The predicted octanol–water partition coefficient (Wildman–Crippen LogP) is 1.42. The fourth-order valence-corrected chi connectivity index (χ4v) is 1.87. The number of hydrogen-bond acceptors (Lipinski definition) is 3. The SMILES string of the molecule is CNC(COC(C)C)C1OCCC1C. The molecule has 0 saturated carbocycles. The minimum atomic E-state index is 0.294. The van der Waals surface area contributed by atoms with Crippen molar-refractivity contribution in [3.05, 3.63) is 0 Å². The van der Waals surface area contributed by atoms with E-state index in [9.17, 15) is 0 Å². The molecule has 84 valence electrons. The lowest BCUT2D eigenvalue weighted by atomic mass is 9.98. The smallest absolute Gasteiger partial charge is 0.0776 e. The van der Waals surface area contributed by atoms with E-state index >= 15 is 0 Å². The molecule has 0 aromatic carbocycles. The molecule has 1 rings (SSSR count). The van der Waals surface area contributed by atoms with E-state index in [-0.39, 0.29) is 0 Å². The van der Waals surface area contributed by atoms with Gasteiger partial charge in [-0.3, -0.25) is 0 Å². The maximum Gasteiger partial charge on any atom is 0.0776 e. The van der Waals surface area contributed by atoms with Gasteiger partial charge in [0.25, 0.3) is 0 Å². The van der Waals surface area contributed by atoms with Crippen LogP contribution in [0.3, 0.4) is 0 Å². The van der Waals surface area contributed by atoms with Crippen LogP contribution >= 0.6 is 0 Å². The average Bonchev–Trinajstić information content (AvgIpc) is 2.53. The summed E-state index contributed by atoms with van der Waals surface area (Å²) in [6.07, 6.45) is 1.78. The third-order valence-corrected chi connectivity index (χ3v) is 2.82. The van der Waals surface area contributed by atoms with Gasteiger partial charge >= 0.3 is 0 Å². The zero-order valence-corrected chi connectivity index (χ0v) is 9.75. The second-order valence-electron chi connectivity index (χ2n) is 4.38. The van der Waals surface area contributed by atoms with E-state index in [1.165, 1.54) is 6.42 Å². The van der Waals surface area contributed by atoms with Gasteiger partial charge in [0, 0.05) is 6.61 Å². The summed E-state index contributed by atoms with van der Waals surface area (Å²) in [4.78, 5) is 0. The van der Waals surface area contributed by atoms with E-state index in [0.717, 1.165) is 13.2 Å². The minimum Gasteiger partial charge on any atom is -0.377 e. The Hall–Kier alpha value is -0.120. The molecule has 0 aromatic rings. The van der Waals surface area contributed by atoms with Gasteiger partial charge in [-0.05, 0) is 33.2 Å². The summed E-state index contributed by atoms with van der Waals surface area (Å²) in [7, 11) is 1.97. The standard InChI is InChI=1S/C11H23NO2/c1-8(2)14-7-10(12-4)11-9(3)5-6-13-11/h8-12H,5-7H2,1-4H3. The van der Waals surface area contributed by atoms with Crippen molar-refractivity contribution in [1.82, 2.24) is 5.32 Å². The molecule has 1 heterocycles. The summed E-state index contributed by atoms with van der Waals surface area (Å²) in [5.74, 6) is 0.642. The third-order valence-electron chi connectivity index (χ3n) is 2.82. The molecule has 0 amide bonds. The van der Waals surface area contributed by atoms with Gasteiger partial charge in [-0.15, -0.1) is 0 Å². The highest BCUT2D eigenvalue weighted by Gasteiger charge is 2.31. The molecule has 3 unspecified atom stereocenters. The normalized spacial score (nSPS) is 29.8. The summed E-state index contributed by atoms with van der Waals surface area (Å²) in [6.45, 7) is 8.00. The first kappa shape index (κ1) is 12.0. The van der Waals surface area contributed by atoms with E-state index in [1.807, 2.05) is 7.05 Å². The van der Waals surface area contributed by atoms with Crippen molar-refractivity contribution in [2.45, 2.75) is 45.4 Å². The molecule has 3 nitrogen and oxygen atoms in total. The molecular formula is C11H23NO2. The molecule has 0 radical (unpaired) electrons. The van der Waals surface area contributed by atoms with Gasteiger partial charge in [-0.25, -0.2) is 0 Å². The fourth-order valence-electron chi connectivity index (χ4n) is 1.87. The van der Waals surface area contributed by atoms with Crippen molar-refractivity contribution in [1.29, 1.82) is 0 Å². The Morgan fingerprint density at radius 2 is 2.21 bits per heavy atom. The molecule has 1 N–H and O–H groups in total. The second kappa shape index (κ2) is 5.69. The quantitative estimate of drug-likeness (QED) is 0.730. The maximum absolute atomic E-state index is 5.71. The van der Waals surface area contributed by atoms with Gasteiger partial charge in [-0.1, -0.05) is 6.92 Å². The Morgan fingerprint density at radius 3 is 2.64 bits per heavy atom. The van der Waals surface area contributed by atoms with Crippen molar-refractivity contribution in [2.24, 2.45) is 5.92 Å². The van der Waals surface area contributed by atoms with Crippen LogP contribution in [0.4, 0.5) is 0 Å². The Bertz CT molecular complexity index is 161. The van der Waals surface area contributed by atoms with Crippen LogP contribution < -0.4 is 5.32 Å². The van der Waals surface area contributed by atoms with Crippen molar-refractivity contribution < 1.29 is 9.47 Å². The van der Waals surface area contributed by atoms with Crippen LogP contribution in [-0.4, -0.2) is 38.5 Å². The van der Waals surface area contributed by atoms with Crippen LogP contribution in [0.15, 0.2) is 0 Å². The predicted molar refractivity (Wildman–Crippen MR) is 57.5 cm³/mol. The van der Waals surface area contributed by atoms with E-state index in [0.29, 0.717) is 24.2 Å². The molecule has 3 atom stereocenters. The highest BCUT2D eigenvalue weighted by molar-refractivity contribution is 4.84. The molecule has 0 bridgehead atoms. The molecule has 0 aromatic heterocycles. The lowest BCUT2D eigenvalue weighted by molar-refractivity contribution is 0.000823. The summed E-state index contributed by atoms with van der Waals surface area (Å²) >= 11 is 0. The summed E-state index contributed by atoms with van der Waals surface area (Å²) in [5.41, 5.74) is 0. The largest absolute Gasteiger partial charge is 0.377 e. The highest BCUT2D eigenvalue weighted by atomic mass is 16.5. The summed E-state index contributed by atoms with van der Waals surface area (Å²) < 4.78 is 11.3. The van der Waals surface area contributed by atoms with E-state index in [2.05, 4.69) is 26.1 Å². The molecule has 0 spiro atoms. The molecule has 0 aliphatic carbocycles. The summed E-state index contributed by atoms with van der Waals surface area (Å²) in [6, 6.07) is 0.329. The second-order valence-corrected chi connectivity index (χ2v) is 4.38. The van der Waals surface area contributed by atoms with Crippen molar-refractivity contribution in [2.75, 3.05) is 20.3 Å². The Labute approximate surface area is 87.2 Å². The molecule has 3 heteroatoms. The molecule has 1 aliphatic rings. The Kier molecular flexibility index (Phi) is 4.85. The zero-order chi connectivity index (χ0) is 10.6. The van der Waals surface area contributed by atoms with E-state index in [4.69, 9.17) is 9.47 Å². The van der Waals surface area contributed by atoms with Crippen LogP contribution in [0.1, 0.15) is 27.2 Å². The number of nitrogens with one attached hydrogen (secondary N) is 1. The summed E-state index contributed by atoms with van der Waals surface area (Å²) in [5, 5.41) is 3.28. The van der Waals surface area contributed by atoms with Crippen LogP contribution in [0, 0.1) is 5.92 Å². The van der Waals surface area contributed by atoms with Crippen LogP contribution in [0.2, 0.25) is 0 Å². The average molecular weight is 201 g/mol. The molecule has 14 heavy (non-hydrogen) atoms. The van der Waals surface area contributed by atoms with Gasteiger partial charge in [0.1, 0.15) is 0 Å². The fraction of sp³-hybridized carbons (Fsp3) is 1.00. The molecule has 1 fully saturated rings. The molecule has 1 saturated heterocycles. The molecule has 1 aliphatic heterocycles. The number of likely N-dealkylation sites (N-methyl/N-ethyl adjacent to an activating group) is 1. The van der Waals surface area contributed by atoms with Crippen LogP contribution in [0.25, 0.3) is 0 Å². The number of ether oxygens (including phenoxy) is 2. The maximum atomic E-state index is 5.71. The highest BCUT2D eigenvalue weighted by Crippen LogP contribution is 2.23. The van der Waals surface area contributed by atoms with Gasteiger partial charge in [0.15, 0.2) is 0 Å². The van der Waals surface area contributed by atoms with Gasteiger partial charge in [0.05, 0.1) is 24.9 Å². The van der Waals surface area contributed by atoms with Crippen LogP contribution in [-0.2, 0) is 9.47 Å². The van der Waals surface area contributed by atoms with Crippen molar-refractivity contribution >= 4 is 0 Å². The number of rotatable bonds is 5.